The maximum atomic E-state index is 8.76. The molecule has 0 aliphatic heterocycles. The van der Waals surface area contributed by atoms with Crippen molar-refractivity contribution in [2.24, 2.45) is 0 Å². The van der Waals surface area contributed by atoms with Gasteiger partial charge in [-0.25, -0.2) is 0 Å². The highest BCUT2D eigenvalue weighted by molar-refractivity contribution is 7.63. The van der Waals surface area contributed by atoms with Gasteiger partial charge >= 0.3 is 0 Å². The molecule has 0 spiro atoms. The van der Waals surface area contributed by atoms with Crippen LogP contribution in [0.3, 0.4) is 0 Å². The second-order valence-corrected chi connectivity index (χ2v) is 5.23. The van der Waals surface area contributed by atoms with Gasteiger partial charge in [-0.05, 0) is 11.7 Å². The molecule has 2 nitrogen and oxygen atoms in total. The van der Waals surface area contributed by atoms with Gasteiger partial charge in [0.2, 0.25) is 0 Å². The molecule has 0 radical (unpaired) electrons. The van der Waals surface area contributed by atoms with Crippen LogP contribution in [-0.2, 0) is 6.16 Å². The van der Waals surface area contributed by atoms with E-state index in [2.05, 4.69) is 12.1 Å². The van der Waals surface area contributed by atoms with Crippen molar-refractivity contribution in [3.63, 3.8) is 0 Å². The zero-order valence-electron chi connectivity index (χ0n) is 9.16. The Morgan fingerprint density at radius 2 is 1.50 bits per heavy atom. The van der Waals surface area contributed by atoms with Gasteiger partial charge in [0, 0.05) is 0 Å². The Hall–Kier alpha value is -0.950. The average Bonchev–Trinajstić information content (AvgIpc) is 2.34. The highest BCUT2D eigenvalue weighted by Gasteiger charge is 2.00. The van der Waals surface area contributed by atoms with Crippen LogP contribution in [0.2, 0.25) is 0 Å². The number of aliphatic hydroxyl groups is 2. The summed E-state index contributed by atoms with van der Waals surface area (Å²) in [5.41, 5.74) is 1.28. The summed E-state index contributed by atoms with van der Waals surface area (Å²) in [6, 6.07) is 10.2. The van der Waals surface area contributed by atoms with Crippen LogP contribution in [0.4, 0.5) is 0 Å². The van der Waals surface area contributed by atoms with Gasteiger partial charge in [-0.3, -0.25) is 0 Å². The van der Waals surface area contributed by atoms with Crippen molar-refractivity contribution < 1.29 is 10.2 Å². The standard InChI is InChI=1S/C13H17O2P/c14-8-4-10-16(11-5-9-15)12-13-6-2-1-3-7-13/h1-7,10-11,14-15H,8-9,12H2. The van der Waals surface area contributed by atoms with Crippen LogP contribution in [0, 0.1) is 0 Å². The first-order chi connectivity index (χ1) is 7.86. The third-order valence-electron chi connectivity index (χ3n) is 2.01. The quantitative estimate of drug-likeness (QED) is 0.745. The summed E-state index contributed by atoms with van der Waals surface area (Å²) in [4.78, 5) is 0. The predicted octanol–water partition coefficient (Wildman–Crippen LogP) is 2.68. The zero-order valence-corrected chi connectivity index (χ0v) is 10.1. The third-order valence-corrected chi connectivity index (χ3v) is 3.93. The van der Waals surface area contributed by atoms with Gasteiger partial charge in [0.15, 0.2) is 0 Å². The molecule has 0 aliphatic rings. The third kappa shape index (κ3) is 5.22. The van der Waals surface area contributed by atoms with Crippen LogP contribution in [-0.4, -0.2) is 23.4 Å². The van der Waals surface area contributed by atoms with Crippen LogP contribution < -0.4 is 0 Å². The Kier molecular flexibility index (Phi) is 6.75. The number of rotatable bonds is 6. The van der Waals surface area contributed by atoms with E-state index >= 15 is 0 Å². The molecule has 1 aromatic carbocycles. The van der Waals surface area contributed by atoms with Crippen molar-refractivity contribution in [1.29, 1.82) is 0 Å². The summed E-state index contributed by atoms with van der Waals surface area (Å²) in [6.07, 6.45) is 4.47. The molecule has 0 heterocycles. The fraction of sp³-hybridized carbons (Fsp3) is 0.231. The van der Waals surface area contributed by atoms with Gasteiger partial charge in [0.05, 0.1) is 13.2 Å². The van der Waals surface area contributed by atoms with Crippen LogP contribution in [0.25, 0.3) is 0 Å². The fourth-order valence-corrected chi connectivity index (χ4v) is 2.99. The Labute approximate surface area is 97.7 Å². The van der Waals surface area contributed by atoms with E-state index in [9.17, 15) is 0 Å². The molecule has 0 unspecified atom stereocenters. The molecule has 0 aromatic heterocycles. The van der Waals surface area contributed by atoms with Gasteiger partial charge in [0.1, 0.15) is 0 Å². The Bertz CT molecular complexity index is 319. The maximum Gasteiger partial charge on any atom is 0.0615 e. The molecule has 0 fully saturated rings. The minimum atomic E-state index is -0.430. The largest absolute Gasteiger partial charge is 0.392 e. The maximum absolute atomic E-state index is 8.76. The smallest absolute Gasteiger partial charge is 0.0615 e. The number of hydrogen-bond acceptors (Lipinski definition) is 2. The van der Waals surface area contributed by atoms with Gasteiger partial charge in [-0.2, -0.15) is 0 Å². The fourth-order valence-electron chi connectivity index (χ4n) is 1.31. The second-order valence-electron chi connectivity index (χ2n) is 3.29. The first-order valence-electron chi connectivity index (χ1n) is 5.21. The molecule has 0 saturated heterocycles. The summed E-state index contributed by atoms with van der Waals surface area (Å²) in [5, 5.41) is 17.5. The van der Waals surface area contributed by atoms with Crippen molar-refractivity contribution in [3.8, 4) is 0 Å². The molecule has 3 heteroatoms. The van der Waals surface area contributed by atoms with E-state index < -0.39 is 7.92 Å². The van der Waals surface area contributed by atoms with E-state index in [0.29, 0.717) is 0 Å². The number of benzene rings is 1. The molecule has 0 atom stereocenters. The summed E-state index contributed by atoms with van der Waals surface area (Å²) in [7, 11) is -0.430. The van der Waals surface area contributed by atoms with E-state index in [1.807, 2.05) is 29.8 Å². The van der Waals surface area contributed by atoms with Crippen molar-refractivity contribution in [2.75, 3.05) is 13.2 Å². The average molecular weight is 236 g/mol. The van der Waals surface area contributed by atoms with Crippen LogP contribution in [0.15, 0.2) is 54.1 Å². The molecule has 16 heavy (non-hydrogen) atoms. The number of hydrogen-bond donors (Lipinski definition) is 2. The van der Waals surface area contributed by atoms with Crippen molar-refractivity contribution in [2.45, 2.75) is 6.16 Å². The minimum absolute atomic E-state index is 0.0700. The van der Waals surface area contributed by atoms with Crippen molar-refractivity contribution >= 4 is 7.92 Å². The lowest BCUT2D eigenvalue weighted by Gasteiger charge is -2.08. The van der Waals surface area contributed by atoms with Gasteiger partial charge in [-0.1, -0.05) is 62.0 Å². The Morgan fingerprint density at radius 3 is 2.00 bits per heavy atom. The lowest BCUT2D eigenvalue weighted by molar-refractivity contribution is 0.343. The zero-order chi connectivity index (χ0) is 11.6. The number of aliphatic hydroxyl groups excluding tert-OH is 2. The molecule has 2 N–H and O–H groups in total. The Morgan fingerprint density at radius 1 is 0.938 bits per heavy atom. The van der Waals surface area contributed by atoms with Crippen molar-refractivity contribution in [3.05, 3.63) is 59.7 Å². The van der Waals surface area contributed by atoms with E-state index in [1.54, 1.807) is 12.2 Å². The van der Waals surface area contributed by atoms with Crippen molar-refractivity contribution in [1.82, 2.24) is 0 Å². The van der Waals surface area contributed by atoms with E-state index in [4.69, 9.17) is 10.2 Å². The molecule has 0 bridgehead atoms. The van der Waals surface area contributed by atoms with Crippen LogP contribution in [0.1, 0.15) is 5.56 Å². The molecular formula is C13H17O2P. The molecule has 0 amide bonds. The first kappa shape index (κ1) is 13.1. The van der Waals surface area contributed by atoms with Gasteiger partial charge < -0.3 is 10.2 Å². The SMILES string of the molecule is OCC=CP(C=CCO)Cc1ccccc1. The summed E-state index contributed by atoms with van der Waals surface area (Å²) in [5.74, 6) is 4.04. The summed E-state index contributed by atoms with van der Waals surface area (Å²) >= 11 is 0. The topological polar surface area (TPSA) is 40.5 Å². The lowest BCUT2D eigenvalue weighted by atomic mass is 10.2. The molecule has 0 saturated carbocycles. The van der Waals surface area contributed by atoms with E-state index in [1.165, 1.54) is 5.56 Å². The molecule has 86 valence electrons. The predicted molar refractivity (Wildman–Crippen MR) is 69.5 cm³/mol. The monoisotopic (exact) mass is 236 g/mol. The van der Waals surface area contributed by atoms with Crippen LogP contribution >= 0.6 is 7.92 Å². The molecule has 1 rings (SSSR count). The normalized spacial score (nSPS) is 13.6. The minimum Gasteiger partial charge on any atom is -0.392 e. The highest BCUT2D eigenvalue weighted by atomic mass is 31.1. The van der Waals surface area contributed by atoms with Gasteiger partial charge in [0.25, 0.3) is 0 Å². The Balaban J connectivity index is 2.63. The molecule has 0 aliphatic carbocycles. The van der Waals surface area contributed by atoms with E-state index in [-0.39, 0.29) is 13.2 Å². The first-order valence-corrected chi connectivity index (χ1v) is 6.88. The summed E-state index contributed by atoms with van der Waals surface area (Å²) < 4.78 is 0. The molecular weight excluding hydrogens is 219 g/mol. The van der Waals surface area contributed by atoms with Gasteiger partial charge in [-0.15, -0.1) is 0 Å². The second kappa shape index (κ2) is 8.23. The molecule has 1 aromatic rings. The summed E-state index contributed by atoms with van der Waals surface area (Å²) in [6.45, 7) is 0.140. The lowest BCUT2D eigenvalue weighted by Crippen LogP contribution is -1.81. The van der Waals surface area contributed by atoms with E-state index in [0.717, 1.165) is 6.16 Å². The highest BCUT2D eigenvalue weighted by Crippen LogP contribution is 2.42. The van der Waals surface area contributed by atoms with Crippen LogP contribution in [0.5, 0.6) is 0 Å².